The van der Waals surface area contributed by atoms with Crippen molar-refractivity contribution in [3.8, 4) is 5.75 Å². The van der Waals surface area contributed by atoms with Crippen molar-refractivity contribution in [2.24, 2.45) is 0 Å². The maximum absolute atomic E-state index is 12.1. The quantitative estimate of drug-likeness (QED) is 0.772. The number of urea groups is 1. The van der Waals surface area contributed by atoms with Gasteiger partial charge in [-0.25, -0.2) is 4.79 Å². The van der Waals surface area contributed by atoms with Gasteiger partial charge in [-0.1, -0.05) is 18.3 Å². The van der Waals surface area contributed by atoms with Crippen LogP contribution in [0.1, 0.15) is 43.2 Å². The fourth-order valence-electron chi connectivity index (χ4n) is 2.71. The first-order valence-electron chi connectivity index (χ1n) is 8.82. The van der Waals surface area contributed by atoms with Gasteiger partial charge >= 0.3 is 6.03 Å². The second-order valence-electron chi connectivity index (χ2n) is 6.51. The molecular weight excluding hydrogens is 352 g/mol. The van der Waals surface area contributed by atoms with Crippen molar-refractivity contribution in [1.29, 1.82) is 0 Å². The Morgan fingerprint density at radius 2 is 2.19 bits per heavy atom. The number of nitrogens with zero attached hydrogens (tertiary/aromatic N) is 2. The maximum Gasteiger partial charge on any atom is 0.319 e. The Kier molecular flexibility index (Phi) is 6.40. The minimum atomic E-state index is -0.263. The highest BCUT2D eigenvalue weighted by molar-refractivity contribution is 7.05. The molecule has 140 valence electrons. The second-order valence-corrected chi connectivity index (χ2v) is 7.35. The van der Waals surface area contributed by atoms with Gasteiger partial charge in [-0.3, -0.25) is 0 Å². The van der Waals surface area contributed by atoms with Crippen molar-refractivity contribution in [3.63, 3.8) is 0 Å². The second kappa shape index (κ2) is 8.95. The van der Waals surface area contributed by atoms with E-state index in [-0.39, 0.29) is 18.1 Å². The fourth-order valence-corrected chi connectivity index (χ4v) is 3.45. The van der Waals surface area contributed by atoms with E-state index in [1.54, 1.807) is 0 Å². The molecule has 2 heterocycles. The van der Waals surface area contributed by atoms with E-state index in [1.807, 2.05) is 24.3 Å². The molecule has 2 aromatic rings. The fraction of sp³-hybridized carbons (Fsp3) is 0.500. The molecule has 7 nitrogen and oxygen atoms in total. The van der Waals surface area contributed by atoms with Crippen LogP contribution in [-0.4, -0.2) is 34.9 Å². The highest BCUT2D eigenvalue weighted by Gasteiger charge is 2.16. The van der Waals surface area contributed by atoms with Gasteiger partial charge in [0.1, 0.15) is 12.4 Å². The molecule has 0 aliphatic carbocycles. The number of hydrogen-bond donors (Lipinski definition) is 2. The summed E-state index contributed by atoms with van der Waals surface area (Å²) in [6, 6.07) is 7.06. The molecule has 26 heavy (non-hydrogen) atoms. The predicted octanol–water partition coefficient (Wildman–Crippen LogP) is 3.54. The van der Waals surface area contributed by atoms with Gasteiger partial charge < -0.3 is 20.1 Å². The molecule has 1 aliphatic heterocycles. The van der Waals surface area contributed by atoms with E-state index in [2.05, 4.69) is 34.1 Å². The zero-order chi connectivity index (χ0) is 18.4. The Morgan fingerprint density at radius 1 is 1.38 bits per heavy atom. The van der Waals surface area contributed by atoms with E-state index in [9.17, 15) is 4.79 Å². The summed E-state index contributed by atoms with van der Waals surface area (Å²) in [6.45, 7) is 5.92. The molecule has 0 saturated carbocycles. The van der Waals surface area contributed by atoms with Gasteiger partial charge in [0.2, 0.25) is 0 Å². The van der Waals surface area contributed by atoms with E-state index in [4.69, 9.17) is 9.47 Å². The van der Waals surface area contributed by atoms with Crippen LogP contribution < -0.4 is 15.4 Å². The van der Waals surface area contributed by atoms with Crippen LogP contribution in [0, 0.1) is 0 Å². The molecule has 2 N–H and O–H groups in total. The van der Waals surface area contributed by atoms with Crippen molar-refractivity contribution in [2.75, 3.05) is 18.5 Å². The topological polar surface area (TPSA) is 85.4 Å². The molecule has 1 fully saturated rings. The van der Waals surface area contributed by atoms with Crippen molar-refractivity contribution in [3.05, 3.63) is 34.8 Å². The van der Waals surface area contributed by atoms with E-state index in [0.717, 1.165) is 35.8 Å². The smallest absolute Gasteiger partial charge is 0.319 e. The number of carbonyl (C=O) groups excluding carboxylic acids is 1. The number of aromatic nitrogens is 2. The minimum absolute atomic E-state index is 0.190. The summed E-state index contributed by atoms with van der Waals surface area (Å²) in [5.74, 6) is 1.06. The molecule has 2 amide bonds. The average molecular weight is 376 g/mol. The molecule has 1 atom stereocenters. The van der Waals surface area contributed by atoms with Crippen molar-refractivity contribution < 1.29 is 14.3 Å². The van der Waals surface area contributed by atoms with Crippen molar-refractivity contribution >= 4 is 23.3 Å². The lowest BCUT2D eigenvalue weighted by molar-refractivity contribution is 0.0679. The third-order valence-corrected chi connectivity index (χ3v) is 4.85. The standard InChI is InChI=1S/C18H24N4O3S/c1-12(2)17-16(26-22-21-17)10-19-18(23)20-13-5-7-14(8-6-13)25-11-15-4-3-9-24-15/h5-8,12,15H,3-4,9-11H2,1-2H3,(H2,19,20,23)/t15-/m1/s1. The lowest BCUT2D eigenvalue weighted by Crippen LogP contribution is -2.28. The summed E-state index contributed by atoms with van der Waals surface area (Å²) in [7, 11) is 0. The summed E-state index contributed by atoms with van der Waals surface area (Å²) < 4.78 is 15.2. The molecule has 1 saturated heterocycles. The molecule has 0 radical (unpaired) electrons. The van der Waals surface area contributed by atoms with Crippen LogP contribution in [0.3, 0.4) is 0 Å². The van der Waals surface area contributed by atoms with Crippen LogP contribution in [0.15, 0.2) is 24.3 Å². The van der Waals surface area contributed by atoms with E-state index >= 15 is 0 Å². The van der Waals surface area contributed by atoms with Gasteiger partial charge in [0.15, 0.2) is 0 Å². The summed E-state index contributed by atoms with van der Waals surface area (Å²) in [5, 5.41) is 9.76. The first kappa shape index (κ1) is 18.6. The zero-order valence-corrected chi connectivity index (χ0v) is 15.8. The number of hydrogen-bond acceptors (Lipinski definition) is 6. The van der Waals surface area contributed by atoms with Crippen LogP contribution in [0.5, 0.6) is 5.75 Å². The SMILES string of the molecule is CC(C)c1nnsc1CNC(=O)Nc1ccc(OC[C@H]2CCCO2)cc1. The molecular formula is C18H24N4O3S. The zero-order valence-electron chi connectivity index (χ0n) is 15.0. The van der Waals surface area contributed by atoms with Gasteiger partial charge in [-0.15, -0.1) is 5.10 Å². The van der Waals surface area contributed by atoms with Crippen LogP contribution in [0.25, 0.3) is 0 Å². The molecule has 1 aliphatic rings. The third kappa shape index (κ3) is 5.15. The largest absolute Gasteiger partial charge is 0.491 e. The van der Waals surface area contributed by atoms with Gasteiger partial charge in [0, 0.05) is 12.3 Å². The Labute approximate surface area is 157 Å². The number of anilines is 1. The number of rotatable bonds is 7. The summed E-state index contributed by atoms with van der Waals surface area (Å²) in [4.78, 5) is 13.0. The number of carbonyl (C=O) groups is 1. The average Bonchev–Trinajstić information content (AvgIpc) is 3.31. The van der Waals surface area contributed by atoms with Crippen LogP contribution >= 0.6 is 11.5 Å². The van der Waals surface area contributed by atoms with E-state index in [0.29, 0.717) is 18.8 Å². The summed E-state index contributed by atoms with van der Waals surface area (Å²) in [6.07, 6.45) is 2.34. The lowest BCUT2D eigenvalue weighted by atomic mass is 10.1. The van der Waals surface area contributed by atoms with Gasteiger partial charge in [-0.2, -0.15) is 0 Å². The van der Waals surface area contributed by atoms with Crippen molar-refractivity contribution in [1.82, 2.24) is 14.9 Å². The third-order valence-electron chi connectivity index (χ3n) is 4.11. The predicted molar refractivity (Wildman–Crippen MR) is 101 cm³/mol. The monoisotopic (exact) mass is 376 g/mol. The van der Waals surface area contributed by atoms with E-state index in [1.165, 1.54) is 11.5 Å². The summed E-state index contributed by atoms with van der Waals surface area (Å²) in [5.41, 5.74) is 1.64. The van der Waals surface area contributed by atoms with Crippen LogP contribution in [0.2, 0.25) is 0 Å². The molecule has 0 spiro atoms. The molecule has 3 rings (SSSR count). The van der Waals surface area contributed by atoms with Crippen LogP contribution in [0.4, 0.5) is 10.5 Å². The lowest BCUT2D eigenvalue weighted by Gasteiger charge is -2.12. The number of ether oxygens (including phenoxy) is 2. The minimum Gasteiger partial charge on any atom is -0.491 e. The highest BCUT2D eigenvalue weighted by Crippen LogP contribution is 2.20. The molecule has 8 heteroatoms. The van der Waals surface area contributed by atoms with Crippen molar-refractivity contribution in [2.45, 2.75) is 45.3 Å². The highest BCUT2D eigenvalue weighted by atomic mass is 32.1. The number of benzene rings is 1. The Balaban J connectivity index is 1.44. The van der Waals surface area contributed by atoms with Gasteiger partial charge in [0.25, 0.3) is 0 Å². The Morgan fingerprint density at radius 3 is 2.88 bits per heavy atom. The molecule has 1 aromatic heterocycles. The van der Waals surface area contributed by atoms with Crippen LogP contribution in [-0.2, 0) is 11.3 Å². The number of amides is 2. The van der Waals surface area contributed by atoms with Gasteiger partial charge in [0.05, 0.1) is 23.2 Å². The molecule has 1 aromatic carbocycles. The van der Waals surface area contributed by atoms with Gasteiger partial charge in [-0.05, 0) is 54.6 Å². The first-order valence-corrected chi connectivity index (χ1v) is 9.59. The summed E-state index contributed by atoms with van der Waals surface area (Å²) >= 11 is 1.31. The normalized spacial score (nSPS) is 16.7. The Bertz CT molecular complexity index is 711. The first-order chi connectivity index (χ1) is 12.6. The maximum atomic E-state index is 12.1. The van der Waals surface area contributed by atoms with E-state index < -0.39 is 0 Å². The molecule has 0 unspecified atom stereocenters. The Hall–Kier alpha value is -2.19. The number of nitrogens with one attached hydrogen (secondary N) is 2. The molecule has 0 bridgehead atoms.